The van der Waals surface area contributed by atoms with Gasteiger partial charge in [0.05, 0.1) is 0 Å². The number of benzene rings is 3. The lowest BCUT2D eigenvalue weighted by molar-refractivity contribution is -0.133. The molecule has 0 radical (unpaired) electrons. The van der Waals surface area contributed by atoms with E-state index in [4.69, 9.17) is 9.47 Å². The minimum atomic E-state index is -0.370. The number of carbonyl (C=O) groups is 2. The highest BCUT2D eigenvalue weighted by atomic mass is 16.5. The minimum absolute atomic E-state index is 0.0720. The molecule has 4 heteroatoms. The molecule has 0 amide bonds. The fraction of sp³-hybridized carbons (Fsp3) is 0.167. The predicted molar refractivity (Wildman–Crippen MR) is 104 cm³/mol. The van der Waals surface area contributed by atoms with E-state index in [1.54, 1.807) is 12.1 Å². The first-order valence-corrected chi connectivity index (χ1v) is 9.27. The first kappa shape index (κ1) is 16.8. The molecule has 0 aliphatic heterocycles. The van der Waals surface area contributed by atoms with Gasteiger partial charge in [0.2, 0.25) is 0 Å². The normalized spacial score (nSPS) is 17.9. The van der Waals surface area contributed by atoms with Crippen molar-refractivity contribution in [1.82, 2.24) is 0 Å². The second-order valence-corrected chi connectivity index (χ2v) is 7.20. The third kappa shape index (κ3) is 2.31. The third-order valence-corrected chi connectivity index (χ3v) is 5.53. The molecule has 138 valence electrons. The lowest BCUT2D eigenvalue weighted by Gasteiger charge is -2.43. The molecular formula is C24H18O4. The summed E-state index contributed by atoms with van der Waals surface area (Å²) in [6.07, 6.45) is 0. The van der Waals surface area contributed by atoms with Gasteiger partial charge in [-0.2, -0.15) is 0 Å². The number of rotatable bonds is 2. The van der Waals surface area contributed by atoms with Gasteiger partial charge >= 0.3 is 11.9 Å². The van der Waals surface area contributed by atoms with E-state index in [-0.39, 0.29) is 23.8 Å². The zero-order chi connectivity index (χ0) is 19.4. The summed E-state index contributed by atoms with van der Waals surface area (Å²) in [5.74, 6) is 0.167. The Hall–Kier alpha value is -3.40. The first-order valence-electron chi connectivity index (χ1n) is 9.27. The molecule has 4 nitrogen and oxygen atoms in total. The Bertz CT molecular complexity index is 1010. The molecule has 0 saturated carbocycles. The van der Waals surface area contributed by atoms with Crippen LogP contribution in [0.5, 0.6) is 11.5 Å². The van der Waals surface area contributed by atoms with Crippen LogP contribution in [0.15, 0.2) is 60.7 Å². The number of esters is 2. The maximum Gasteiger partial charge on any atom is 0.308 e. The molecule has 3 aromatic carbocycles. The molecule has 0 spiro atoms. The Balaban J connectivity index is 1.86. The van der Waals surface area contributed by atoms with Crippen molar-refractivity contribution in [3.63, 3.8) is 0 Å². The summed E-state index contributed by atoms with van der Waals surface area (Å²) in [6, 6.07) is 20.1. The maximum absolute atomic E-state index is 11.8. The van der Waals surface area contributed by atoms with Crippen molar-refractivity contribution in [2.45, 2.75) is 25.7 Å². The molecule has 28 heavy (non-hydrogen) atoms. The molecular weight excluding hydrogens is 352 g/mol. The molecule has 0 aromatic heterocycles. The van der Waals surface area contributed by atoms with Crippen molar-refractivity contribution in [1.29, 1.82) is 0 Å². The van der Waals surface area contributed by atoms with Gasteiger partial charge in [0.25, 0.3) is 0 Å². The zero-order valence-corrected chi connectivity index (χ0v) is 15.6. The summed E-state index contributed by atoms with van der Waals surface area (Å²) in [7, 11) is 0. The van der Waals surface area contributed by atoms with E-state index in [0.717, 1.165) is 11.1 Å². The Kier molecular flexibility index (Phi) is 3.63. The summed E-state index contributed by atoms with van der Waals surface area (Å²) in [5, 5.41) is 0. The zero-order valence-electron chi connectivity index (χ0n) is 15.6. The van der Waals surface area contributed by atoms with Gasteiger partial charge in [-0.25, -0.2) is 0 Å². The van der Waals surface area contributed by atoms with Crippen LogP contribution in [0.3, 0.4) is 0 Å². The molecule has 3 aliphatic carbocycles. The number of ether oxygens (including phenoxy) is 2. The SMILES string of the molecule is CC(=O)Oc1ccc(OC(C)=O)c2c1C1c3ccccc3C2c2ccccc21. The second kappa shape index (κ2) is 6.06. The van der Waals surface area contributed by atoms with Crippen LogP contribution in [0.2, 0.25) is 0 Å². The molecule has 3 aromatic rings. The molecule has 0 saturated heterocycles. The molecule has 6 rings (SSSR count). The van der Waals surface area contributed by atoms with Crippen LogP contribution in [0, 0.1) is 0 Å². The standard InChI is InChI=1S/C24H18O4/c1-13(25)27-19-11-12-20(28-14(2)26)24-22-17-9-5-3-7-15(17)21(23(19)24)16-8-4-6-10-18(16)22/h3-12,21-22H,1-2H3. The predicted octanol–water partition coefficient (Wildman–Crippen LogP) is 4.52. The molecule has 3 aliphatic rings. The highest BCUT2D eigenvalue weighted by Crippen LogP contribution is 2.59. The van der Waals surface area contributed by atoms with E-state index >= 15 is 0 Å². The number of carbonyl (C=O) groups excluding carboxylic acids is 2. The van der Waals surface area contributed by atoms with Crippen LogP contribution in [-0.4, -0.2) is 11.9 Å². The first-order chi connectivity index (χ1) is 13.6. The summed E-state index contributed by atoms with van der Waals surface area (Å²) >= 11 is 0. The van der Waals surface area contributed by atoms with Crippen molar-refractivity contribution in [3.8, 4) is 11.5 Å². The third-order valence-electron chi connectivity index (χ3n) is 5.53. The minimum Gasteiger partial charge on any atom is -0.426 e. The average molecular weight is 370 g/mol. The van der Waals surface area contributed by atoms with Crippen molar-refractivity contribution in [3.05, 3.63) is 94.0 Å². The number of hydrogen-bond donors (Lipinski definition) is 0. The Morgan fingerprint density at radius 1 is 0.607 bits per heavy atom. The van der Waals surface area contributed by atoms with Gasteiger partial charge < -0.3 is 9.47 Å². The monoisotopic (exact) mass is 370 g/mol. The summed E-state index contributed by atoms with van der Waals surface area (Å²) in [5.41, 5.74) is 6.63. The highest BCUT2D eigenvalue weighted by molar-refractivity contribution is 5.78. The summed E-state index contributed by atoms with van der Waals surface area (Å²) < 4.78 is 11.2. The number of hydrogen-bond acceptors (Lipinski definition) is 4. The highest BCUT2D eigenvalue weighted by Gasteiger charge is 2.44. The van der Waals surface area contributed by atoms with Crippen molar-refractivity contribution >= 4 is 11.9 Å². The van der Waals surface area contributed by atoms with Crippen LogP contribution < -0.4 is 9.47 Å². The summed E-state index contributed by atoms with van der Waals surface area (Å²) in [4.78, 5) is 23.5. The van der Waals surface area contributed by atoms with Crippen LogP contribution >= 0.6 is 0 Å². The lowest BCUT2D eigenvalue weighted by Crippen LogP contribution is -2.29. The van der Waals surface area contributed by atoms with E-state index in [0.29, 0.717) is 11.5 Å². The van der Waals surface area contributed by atoms with Gasteiger partial charge in [-0.05, 0) is 34.4 Å². The fourth-order valence-electron chi connectivity index (χ4n) is 4.71. The molecule has 2 bridgehead atoms. The van der Waals surface area contributed by atoms with Gasteiger partial charge in [-0.3, -0.25) is 9.59 Å². The van der Waals surface area contributed by atoms with Gasteiger partial charge in [0, 0.05) is 36.8 Å². The lowest BCUT2D eigenvalue weighted by atomic mass is 9.60. The van der Waals surface area contributed by atoms with Crippen LogP contribution in [0.25, 0.3) is 0 Å². The maximum atomic E-state index is 11.8. The van der Waals surface area contributed by atoms with Crippen molar-refractivity contribution in [2.75, 3.05) is 0 Å². The Morgan fingerprint density at radius 2 is 0.929 bits per heavy atom. The fourth-order valence-corrected chi connectivity index (χ4v) is 4.71. The molecule has 0 unspecified atom stereocenters. The van der Waals surface area contributed by atoms with E-state index in [2.05, 4.69) is 24.3 Å². The van der Waals surface area contributed by atoms with Crippen LogP contribution in [0.4, 0.5) is 0 Å². The smallest absolute Gasteiger partial charge is 0.308 e. The van der Waals surface area contributed by atoms with Gasteiger partial charge in [0.15, 0.2) is 0 Å². The molecule has 0 heterocycles. The Labute approximate surface area is 162 Å². The largest absolute Gasteiger partial charge is 0.426 e. The van der Waals surface area contributed by atoms with Crippen LogP contribution in [-0.2, 0) is 9.59 Å². The van der Waals surface area contributed by atoms with Crippen LogP contribution in [0.1, 0.15) is 59.1 Å². The van der Waals surface area contributed by atoms with Crippen molar-refractivity contribution < 1.29 is 19.1 Å². The van der Waals surface area contributed by atoms with Gasteiger partial charge in [0.1, 0.15) is 11.5 Å². The van der Waals surface area contributed by atoms with E-state index in [9.17, 15) is 9.59 Å². The Morgan fingerprint density at radius 3 is 1.21 bits per heavy atom. The summed E-state index contributed by atoms with van der Waals surface area (Å²) in [6.45, 7) is 2.80. The molecule has 0 N–H and O–H groups in total. The van der Waals surface area contributed by atoms with E-state index < -0.39 is 0 Å². The van der Waals surface area contributed by atoms with E-state index in [1.807, 2.05) is 24.3 Å². The second-order valence-electron chi connectivity index (χ2n) is 7.20. The average Bonchev–Trinajstić information content (AvgIpc) is 2.68. The van der Waals surface area contributed by atoms with E-state index in [1.165, 1.54) is 36.1 Å². The van der Waals surface area contributed by atoms with Crippen molar-refractivity contribution in [2.24, 2.45) is 0 Å². The molecule has 0 fully saturated rings. The quantitative estimate of drug-likeness (QED) is 0.339. The van der Waals surface area contributed by atoms with Gasteiger partial charge in [-0.15, -0.1) is 0 Å². The molecule has 0 atom stereocenters. The van der Waals surface area contributed by atoms with Gasteiger partial charge in [-0.1, -0.05) is 48.5 Å². The topological polar surface area (TPSA) is 52.6 Å².